The van der Waals surface area contributed by atoms with Gasteiger partial charge in [-0.2, -0.15) is 0 Å². The van der Waals surface area contributed by atoms with E-state index in [4.69, 9.17) is 5.73 Å². The van der Waals surface area contributed by atoms with Crippen molar-refractivity contribution in [2.24, 2.45) is 17.1 Å². The second kappa shape index (κ2) is 6.37. The van der Waals surface area contributed by atoms with E-state index in [1.165, 1.54) is 0 Å². The maximum Gasteiger partial charge on any atom is 0.241 e. The van der Waals surface area contributed by atoms with Crippen LogP contribution in [0.3, 0.4) is 0 Å². The van der Waals surface area contributed by atoms with Gasteiger partial charge < -0.3 is 16.0 Å². The first-order valence-electron chi connectivity index (χ1n) is 7.00. The summed E-state index contributed by atoms with van der Waals surface area (Å²) in [6, 6.07) is -0.497. The van der Waals surface area contributed by atoms with Gasteiger partial charge in [-0.15, -0.1) is 0 Å². The van der Waals surface area contributed by atoms with Crippen molar-refractivity contribution in [2.45, 2.75) is 46.6 Å². The number of nitrogens with one attached hydrogen (secondary N) is 1. The number of hydrogen-bond donors (Lipinski definition) is 2. The zero-order valence-corrected chi connectivity index (χ0v) is 12.5. The van der Waals surface area contributed by atoms with Crippen LogP contribution in [0.4, 0.5) is 0 Å². The van der Waals surface area contributed by atoms with Crippen LogP contribution in [0.1, 0.15) is 40.5 Å². The molecule has 0 aliphatic carbocycles. The van der Waals surface area contributed by atoms with Crippen LogP contribution >= 0.6 is 0 Å². The molecule has 1 heterocycles. The third-order valence-electron chi connectivity index (χ3n) is 3.38. The smallest absolute Gasteiger partial charge is 0.241 e. The first kappa shape index (κ1) is 16.0. The minimum absolute atomic E-state index is 0.0436. The molecule has 1 saturated heterocycles. The molecule has 19 heavy (non-hydrogen) atoms. The average molecular weight is 269 g/mol. The van der Waals surface area contributed by atoms with Crippen LogP contribution < -0.4 is 11.1 Å². The molecule has 1 aliphatic heterocycles. The van der Waals surface area contributed by atoms with Gasteiger partial charge in [-0.3, -0.25) is 9.59 Å². The SMILES string of the molecule is CC(CC(=O)N1CCNCC1C(N)=O)CC(C)(C)C. The number of carbonyl (C=O) groups excluding carboxylic acids is 2. The second-order valence-corrected chi connectivity index (χ2v) is 6.78. The van der Waals surface area contributed by atoms with Crippen LogP contribution in [0, 0.1) is 11.3 Å². The maximum absolute atomic E-state index is 12.3. The van der Waals surface area contributed by atoms with Gasteiger partial charge in [0.25, 0.3) is 0 Å². The van der Waals surface area contributed by atoms with Gasteiger partial charge in [0.05, 0.1) is 0 Å². The zero-order valence-electron chi connectivity index (χ0n) is 12.5. The third kappa shape index (κ3) is 5.19. The van der Waals surface area contributed by atoms with Crippen molar-refractivity contribution in [2.75, 3.05) is 19.6 Å². The van der Waals surface area contributed by atoms with Crippen molar-refractivity contribution >= 4 is 11.8 Å². The average Bonchev–Trinajstić information content (AvgIpc) is 2.26. The van der Waals surface area contributed by atoms with Gasteiger partial charge in [-0.25, -0.2) is 0 Å². The van der Waals surface area contributed by atoms with Gasteiger partial charge in [0.2, 0.25) is 11.8 Å². The lowest BCUT2D eigenvalue weighted by Gasteiger charge is -2.35. The third-order valence-corrected chi connectivity index (χ3v) is 3.38. The van der Waals surface area contributed by atoms with Gasteiger partial charge in [-0.05, 0) is 17.8 Å². The number of nitrogens with zero attached hydrogens (tertiary/aromatic N) is 1. The lowest BCUT2D eigenvalue weighted by molar-refractivity contribution is -0.141. The van der Waals surface area contributed by atoms with E-state index >= 15 is 0 Å². The number of carbonyl (C=O) groups is 2. The summed E-state index contributed by atoms with van der Waals surface area (Å²) in [6.45, 7) is 10.4. The Labute approximate surface area is 115 Å². The highest BCUT2D eigenvalue weighted by molar-refractivity contribution is 5.87. The summed E-state index contributed by atoms with van der Waals surface area (Å²) in [5.74, 6) is -0.0676. The Morgan fingerprint density at radius 2 is 2.05 bits per heavy atom. The molecule has 0 spiro atoms. The van der Waals surface area contributed by atoms with E-state index in [1.54, 1.807) is 4.90 Å². The second-order valence-electron chi connectivity index (χ2n) is 6.78. The van der Waals surface area contributed by atoms with Crippen molar-refractivity contribution in [3.8, 4) is 0 Å². The van der Waals surface area contributed by atoms with E-state index in [9.17, 15) is 9.59 Å². The summed E-state index contributed by atoms with van der Waals surface area (Å²) in [5.41, 5.74) is 5.57. The minimum Gasteiger partial charge on any atom is -0.368 e. The fourth-order valence-corrected chi connectivity index (χ4v) is 2.79. The quantitative estimate of drug-likeness (QED) is 0.790. The van der Waals surface area contributed by atoms with Crippen molar-refractivity contribution in [1.82, 2.24) is 10.2 Å². The van der Waals surface area contributed by atoms with Gasteiger partial charge in [0.15, 0.2) is 0 Å². The molecule has 1 aliphatic rings. The van der Waals surface area contributed by atoms with Gasteiger partial charge in [0.1, 0.15) is 6.04 Å². The summed E-state index contributed by atoms with van der Waals surface area (Å²) in [7, 11) is 0. The summed E-state index contributed by atoms with van der Waals surface area (Å²) in [4.78, 5) is 25.3. The number of nitrogens with two attached hydrogens (primary N) is 1. The number of piperazine rings is 1. The zero-order chi connectivity index (χ0) is 14.6. The maximum atomic E-state index is 12.3. The Kier molecular flexibility index (Phi) is 5.35. The normalized spacial score (nSPS) is 22.1. The number of hydrogen-bond acceptors (Lipinski definition) is 3. The molecular weight excluding hydrogens is 242 g/mol. The summed E-state index contributed by atoms with van der Waals surface area (Å²) in [6.07, 6.45) is 1.48. The standard InChI is InChI=1S/C14H27N3O2/c1-10(8-14(2,3)4)7-12(18)17-6-5-16-9-11(17)13(15)19/h10-11,16H,5-9H2,1-4H3,(H2,15,19). The first-order chi connectivity index (χ1) is 8.70. The Bertz CT molecular complexity index is 336. The van der Waals surface area contributed by atoms with Gasteiger partial charge in [-0.1, -0.05) is 27.7 Å². The molecule has 5 nitrogen and oxygen atoms in total. The Hall–Kier alpha value is -1.10. The highest BCUT2D eigenvalue weighted by Gasteiger charge is 2.31. The molecule has 2 amide bonds. The molecule has 0 bridgehead atoms. The van der Waals surface area contributed by atoms with Crippen LogP contribution in [-0.2, 0) is 9.59 Å². The Balaban J connectivity index is 2.58. The van der Waals surface area contributed by atoms with Crippen LogP contribution in [-0.4, -0.2) is 42.4 Å². The molecule has 5 heteroatoms. The van der Waals surface area contributed by atoms with Crippen molar-refractivity contribution in [3.63, 3.8) is 0 Å². The van der Waals surface area contributed by atoms with Crippen molar-refractivity contribution < 1.29 is 9.59 Å². The van der Waals surface area contributed by atoms with E-state index in [1.807, 2.05) is 0 Å². The lowest BCUT2D eigenvalue weighted by atomic mass is 9.84. The Morgan fingerprint density at radius 3 is 2.58 bits per heavy atom. The minimum atomic E-state index is -0.497. The molecule has 3 N–H and O–H groups in total. The number of rotatable bonds is 4. The number of primary amides is 1. The lowest BCUT2D eigenvalue weighted by Crippen LogP contribution is -2.58. The molecule has 0 aromatic rings. The van der Waals surface area contributed by atoms with E-state index in [2.05, 4.69) is 33.0 Å². The van der Waals surface area contributed by atoms with Crippen LogP contribution in [0.2, 0.25) is 0 Å². The molecule has 1 rings (SSSR count). The predicted octanol–water partition coefficient (Wildman–Crippen LogP) is 0.735. The molecule has 2 unspecified atom stereocenters. The van der Waals surface area contributed by atoms with Crippen molar-refractivity contribution in [1.29, 1.82) is 0 Å². The Morgan fingerprint density at radius 1 is 1.42 bits per heavy atom. The highest BCUT2D eigenvalue weighted by Crippen LogP contribution is 2.26. The van der Waals surface area contributed by atoms with E-state index in [0.29, 0.717) is 25.4 Å². The summed E-state index contributed by atoms with van der Waals surface area (Å²) >= 11 is 0. The van der Waals surface area contributed by atoms with Gasteiger partial charge in [0, 0.05) is 26.1 Å². The molecule has 0 aromatic heterocycles. The van der Waals surface area contributed by atoms with Crippen LogP contribution in [0.5, 0.6) is 0 Å². The van der Waals surface area contributed by atoms with E-state index in [0.717, 1.165) is 13.0 Å². The van der Waals surface area contributed by atoms with Crippen LogP contribution in [0.15, 0.2) is 0 Å². The van der Waals surface area contributed by atoms with Crippen LogP contribution in [0.25, 0.3) is 0 Å². The first-order valence-corrected chi connectivity index (χ1v) is 7.00. The van der Waals surface area contributed by atoms with Gasteiger partial charge >= 0.3 is 0 Å². The van der Waals surface area contributed by atoms with E-state index in [-0.39, 0.29) is 11.3 Å². The van der Waals surface area contributed by atoms with E-state index < -0.39 is 11.9 Å². The fourth-order valence-electron chi connectivity index (χ4n) is 2.79. The predicted molar refractivity (Wildman–Crippen MR) is 75.4 cm³/mol. The molecular formula is C14H27N3O2. The fraction of sp³-hybridized carbons (Fsp3) is 0.857. The summed E-state index contributed by atoms with van der Waals surface area (Å²) < 4.78 is 0. The molecule has 0 aromatic carbocycles. The molecule has 0 saturated carbocycles. The largest absolute Gasteiger partial charge is 0.368 e. The topological polar surface area (TPSA) is 75.4 Å². The highest BCUT2D eigenvalue weighted by atomic mass is 16.2. The summed E-state index contributed by atoms with van der Waals surface area (Å²) in [5, 5.41) is 3.10. The molecule has 1 fully saturated rings. The molecule has 0 radical (unpaired) electrons. The monoisotopic (exact) mass is 269 g/mol. The number of amides is 2. The molecule has 2 atom stereocenters. The van der Waals surface area contributed by atoms with Crippen molar-refractivity contribution in [3.05, 3.63) is 0 Å². The molecule has 110 valence electrons.